The van der Waals surface area contributed by atoms with Crippen LogP contribution in [0.5, 0.6) is 5.75 Å². The van der Waals surface area contributed by atoms with Crippen molar-refractivity contribution in [3.63, 3.8) is 0 Å². The van der Waals surface area contributed by atoms with Crippen molar-refractivity contribution in [2.75, 3.05) is 13.7 Å². The van der Waals surface area contributed by atoms with Crippen molar-refractivity contribution in [3.8, 4) is 16.9 Å². The topological polar surface area (TPSA) is 63.4 Å². The fourth-order valence-corrected chi connectivity index (χ4v) is 3.41. The second-order valence-electron chi connectivity index (χ2n) is 6.48. The van der Waals surface area contributed by atoms with E-state index in [4.69, 9.17) is 4.74 Å². The Morgan fingerprint density at radius 2 is 1.88 bits per heavy atom. The van der Waals surface area contributed by atoms with Crippen molar-refractivity contribution >= 4 is 0 Å². The second kappa shape index (κ2) is 7.27. The normalized spacial score (nSPS) is 14.2. The number of aliphatic hydroxyl groups excluding tert-OH is 1. The molecule has 0 spiro atoms. The Morgan fingerprint density at radius 3 is 2.65 bits per heavy atom. The Hall–Kier alpha value is -2.70. The smallest absolute Gasteiger partial charge is 0.158 e. The molecule has 0 aliphatic carbocycles. The van der Waals surface area contributed by atoms with Gasteiger partial charge in [-0.3, -0.25) is 4.90 Å². The molecule has 0 radical (unpaired) electrons. The molecule has 0 unspecified atom stereocenters. The highest BCUT2D eigenvalue weighted by molar-refractivity contribution is 5.64. The van der Waals surface area contributed by atoms with Crippen molar-refractivity contribution in [2.24, 2.45) is 0 Å². The summed E-state index contributed by atoms with van der Waals surface area (Å²) in [6, 6.07) is 16.8. The van der Waals surface area contributed by atoms with Crippen molar-refractivity contribution in [3.05, 3.63) is 65.7 Å². The van der Waals surface area contributed by atoms with Gasteiger partial charge in [-0.1, -0.05) is 30.3 Å². The number of aliphatic hydroxyl groups is 1. The molecule has 1 aliphatic rings. The molecule has 0 amide bonds. The highest BCUT2D eigenvalue weighted by Gasteiger charge is 2.20. The number of rotatable bonds is 5. The predicted octanol–water partition coefficient (Wildman–Crippen LogP) is 2.46. The van der Waals surface area contributed by atoms with E-state index < -0.39 is 0 Å². The highest BCUT2D eigenvalue weighted by Crippen LogP contribution is 2.24. The summed E-state index contributed by atoms with van der Waals surface area (Å²) in [4.78, 5) is 2.36. The molecule has 2 aromatic carbocycles. The molecule has 2 heterocycles. The van der Waals surface area contributed by atoms with Crippen molar-refractivity contribution in [2.45, 2.75) is 26.2 Å². The largest absolute Gasteiger partial charge is 0.497 e. The average Bonchev–Trinajstić information content (AvgIpc) is 3.10. The van der Waals surface area contributed by atoms with Crippen LogP contribution in [-0.4, -0.2) is 38.4 Å². The zero-order valence-corrected chi connectivity index (χ0v) is 14.8. The van der Waals surface area contributed by atoms with Crippen LogP contribution in [0.25, 0.3) is 11.1 Å². The Morgan fingerprint density at radius 1 is 1.04 bits per heavy atom. The Bertz CT molecular complexity index is 889. The molecule has 0 saturated heterocycles. The molecule has 0 fully saturated rings. The van der Waals surface area contributed by atoms with Gasteiger partial charge >= 0.3 is 0 Å². The van der Waals surface area contributed by atoms with E-state index in [2.05, 4.69) is 51.5 Å². The minimum atomic E-state index is -0.0586. The number of ether oxygens (including phenoxy) is 1. The van der Waals surface area contributed by atoms with Crippen LogP contribution in [0.4, 0.5) is 0 Å². The lowest BCUT2D eigenvalue weighted by molar-refractivity contribution is 0.199. The van der Waals surface area contributed by atoms with Gasteiger partial charge in [0.15, 0.2) is 5.82 Å². The zero-order chi connectivity index (χ0) is 17.9. The van der Waals surface area contributed by atoms with Gasteiger partial charge in [0.05, 0.1) is 13.7 Å². The van der Waals surface area contributed by atoms with Crippen molar-refractivity contribution in [1.29, 1.82) is 0 Å². The first kappa shape index (κ1) is 16.8. The molecule has 6 heteroatoms. The summed E-state index contributed by atoms with van der Waals surface area (Å²) in [5.41, 5.74) is 3.65. The standard InChI is InChI=1S/C20H22N4O2/c1-26-18-7-5-16(6-8-18)17-4-2-3-15(11-17)12-23-9-10-24-19(13-23)21-22-20(24)14-25/h2-8,11,25H,9-10,12-14H2,1H3. The number of methoxy groups -OCH3 is 1. The average molecular weight is 350 g/mol. The minimum Gasteiger partial charge on any atom is -0.497 e. The SMILES string of the molecule is COc1ccc(-c2cccc(CN3CCn4c(CO)nnc4C3)c2)cc1. The summed E-state index contributed by atoms with van der Waals surface area (Å²) in [5, 5.41) is 17.6. The van der Waals surface area contributed by atoms with Gasteiger partial charge in [-0.15, -0.1) is 10.2 Å². The lowest BCUT2D eigenvalue weighted by atomic mass is 10.0. The van der Waals surface area contributed by atoms with Crippen LogP contribution in [0.3, 0.4) is 0 Å². The van der Waals surface area contributed by atoms with Crippen LogP contribution in [0.1, 0.15) is 17.2 Å². The summed E-state index contributed by atoms with van der Waals surface area (Å²) in [7, 11) is 1.68. The Balaban J connectivity index is 1.49. The van der Waals surface area contributed by atoms with E-state index in [1.54, 1.807) is 7.11 Å². The van der Waals surface area contributed by atoms with Gasteiger partial charge in [0, 0.05) is 19.6 Å². The maximum atomic E-state index is 9.31. The molecule has 134 valence electrons. The molecule has 1 aliphatic heterocycles. The predicted molar refractivity (Wildman–Crippen MR) is 98.5 cm³/mol. The van der Waals surface area contributed by atoms with E-state index in [9.17, 15) is 5.11 Å². The van der Waals surface area contributed by atoms with Gasteiger partial charge in [-0.05, 0) is 34.9 Å². The summed E-state index contributed by atoms with van der Waals surface area (Å²) < 4.78 is 7.25. The molecule has 1 aromatic heterocycles. The molecule has 6 nitrogen and oxygen atoms in total. The lowest BCUT2D eigenvalue weighted by Gasteiger charge is -2.27. The van der Waals surface area contributed by atoms with Gasteiger partial charge < -0.3 is 14.4 Å². The molecule has 0 bridgehead atoms. The fourth-order valence-electron chi connectivity index (χ4n) is 3.41. The van der Waals surface area contributed by atoms with E-state index in [0.717, 1.165) is 37.8 Å². The number of benzene rings is 2. The summed E-state index contributed by atoms with van der Waals surface area (Å²) in [5.74, 6) is 2.44. The molecular weight excluding hydrogens is 328 g/mol. The molecule has 26 heavy (non-hydrogen) atoms. The van der Waals surface area contributed by atoms with E-state index in [1.807, 2.05) is 16.7 Å². The maximum Gasteiger partial charge on any atom is 0.158 e. The van der Waals surface area contributed by atoms with Gasteiger partial charge in [-0.25, -0.2) is 0 Å². The third-order valence-electron chi connectivity index (χ3n) is 4.81. The number of nitrogens with zero attached hydrogens (tertiary/aromatic N) is 4. The number of hydrogen-bond donors (Lipinski definition) is 1. The number of hydrogen-bond acceptors (Lipinski definition) is 5. The van der Waals surface area contributed by atoms with Gasteiger partial charge in [0.25, 0.3) is 0 Å². The maximum absolute atomic E-state index is 9.31. The molecule has 0 saturated carbocycles. The van der Waals surface area contributed by atoms with E-state index in [-0.39, 0.29) is 6.61 Å². The van der Waals surface area contributed by atoms with Gasteiger partial charge in [-0.2, -0.15) is 0 Å². The Labute approximate surface area is 152 Å². The number of fused-ring (bicyclic) bond motifs is 1. The summed E-state index contributed by atoms with van der Waals surface area (Å²) >= 11 is 0. The molecule has 0 atom stereocenters. The van der Waals surface area contributed by atoms with E-state index in [1.165, 1.54) is 16.7 Å². The molecule has 4 rings (SSSR count). The van der Waals surface area contributed by atoms with Gasteiger partial charge in [0.2, 0.25) is 0 Å². The third-order valence-corrected chi connectivity index (χ3v) is 4.81. The van der Waals surface area contributed by atoms with E-state index in [0.29, 0.717) is 5.82 Å². The molecular formula is C20H22N4O2. The van der Waals surface area contributed by atoms with Crippen LogP contribution < -0.4 is 4.74 Å². The molecule has 3 aromatic rings. The van der Waals surface area contributed by atoms with Crippen LogP contribution in [0.15, 0.2) is 48.5 Å². The Kier molecular flexibility index (Phi) is 4.69. The lowest BCUT2D eigenvalue weighted by Crippen LogP contribution is -2.34. The quantitative estimate of drug-likeness (QED) is 0.766. The summed E-state index contributed by atoms with van der Waals surface area (Å²) in [6.07, 6.45) is 0. The highest BCUT2D eigenvalue weighted by atomic mass is 16.5. The van der Waals surface area contributed by atoms with Crippen LogP contribution in [0.2, 0.25) is 0 Å². The third kappa shape index (κ3) is 3.34. The zero-order valence-electron chi connectivity index (χ0n) is 14.8. The van der Waals surface area contributed by atoms with E-state index >= 15 is 0 Å². The number of aromatic nitrogens is 3. The van der Waals surface area contributed by atoms with Crippen LogP contribution >= 0.6 is 0 Å². The van der Waals surface area contributed by atoms with Crippen LogP contribution in [0, 0.1) is 0 Å². The minimum absolute atomic E-state index is 0.0586. The van der Waals surface area contributed by atoms with Crippen molar-refractivity contribution < 1.29 is 9.84 Å². The first-order chi connectivity index (χ1) is 12.8. The van der Waals surface area contributed by atoms with Crippen molar-refractivity contribution in [1.82, 2.24) is 19.7 Å². The summed E-state index contributed by atoms with van der Waals surface area (Å²) in [6.45, 7) is 3.29. The first-order valence-corrected chi connectivity index (χ1v) is 8.74. The monoisotopic (exact) mass is 350 g/mol. The van der Waals surface area contributed by atoms with Gasteiger partial charge in [0.1, 0.15) is 18.2 Å². The second-order valence-corrected chi connectivity index (χ2v) is 6.48. The van der Waals surface area contributed by atoms with Crippen LogP contribution in [-0.2, 0) is 26.2 Å². The first-order valence-electron chi connectivity index (χ1n) is 8.74. The molecule has 1 N–H and O–H groups in total. The fraction of sp³-hybridized carbons (Fsp3) is 0.300.